The van der Waals surface area contributed by atoms with Crippen molar-refractivity contribution in [3.05, 3.63) is 64.1 Å². The molecule has 5 nitrogen and oxygen atoms in total. The van der Waals surface area contributed by atoms with Crippen molar-refractivity contribution < 1.29 is 9.59 Å². The molecule has 2 amide bonds. The van der Waals surface area contributed by atoms with E-state index in [1.807, 2.05) is 49.4 Å². The maximum absolute atomic E-state index is 12.5. The average molecular weight is 422 g/mol. The van der Waals surface area contributed by atoms with Gasteiger partial charge in [-0.25, -0.2) is 4.99 Å². The number of nitrogens with zero attached hydrogens (tertiary/aromatic N) is 2. The Bertz CT molecular complexity index is 938. The molecule has 0 saturated carbocycles. The third-order valence-electron chi connectivity index (χ3n) is 5.51. The molecule has 1 fully saturated rings. The number of allylic oxidation sites excluding steroid dienone is 1. The molecule has 1 unspecified atom stereocenters. The number of fused-ring (bicyclic) bond motifs is 1. The Kier molecular flexibility index (Phi) is 6.65. The second-order valence-electron chi connectivity index (χ2n) is 7.92. The summed E-state index contributed by atoms with van der Waals surface area (Å²) in [6.07, 6.45) is 10.9. The summed E-state index contributed by atoms with van der Waals surface area (Å²) in [7, 11) is 0. The van der Waals surface area contributed by atoms with Crippen LogP contribution in [0.2, 0.25) is 0 Å². The highest BCUT2D eigenvalue weighted by molar-refractivity contribution is 8.05. The first kappa shape index (κ1) is 20.8. The van der Waals surface area contributed by atoms with Crippen LogP contribution in [0, 0.1) is 6.92 Å². The lowest BCUT2D eigenvalue weighted by molar-refractivity contribution is -0.117. The van der Waals surface area contributed by atoms with Crippen LogP contribution in [0.1, 0.15) is 30.4 Å². The number of amides is 2. The molecular formula is C24H27N3O2S. The van der Waals surface area contributed by atoms with Crippen molar-refractivity contribution in [2.75, 3.05) is 26.2 Å². The van der Waals surface area contributed by atoms with Crippen molar-refractivity contribution >= 4 is 35.4 Å². The number of carbonyl (C=O) groups excluding carboxylic acids is 2. The Morgan fingerprint density at radius 1 is 1.27 bits per heavy atom. The standard InChI is InChI=1S/C24H27N3O2S/c1-17-5-7-18(8-6-17)15-22-24(29)26-20-16-19(9-10-21(20)30-22)23(28)25-11-4-14-27-12-2-3-13-27/h5-10,15-16,21H,2-4,11-14H2,1H3,(H,25,28)/b22-15+. The van der Waals surface area contributed by atoms with Gasteiger partial charge in [0.25, 0.3) is 11.8 Å². The number of rotatable bonds is 6. The van der Waals surface area contributed by atoms with E-state index in [9.17, 15) is 9.59 Å². The number of aliphatic imine (C=N–C) groups is 1. The predicted octanol–water partition coefficient (Wildman–Crippen LogP) is 3.52. The zero-order chi connectivity index (χ0) is 20.9. The third-order valence-corrected chi connectivity index (χ3v) is 6.71. The Labute approximate surface area is 182 Å². The molecule has 6 heteroatoms. The molecule has 1 aromatic rings. The van der Waals surface area contributed by atoms with Crippen LogP contribution in [-0.2, 0) is 9.59 Å². The number of hydrogen-bond donors (Lipinski definition) is 1. The van der Waals surface area contributed by atoms with Crippen molar-refractivity contribution in [2.24, 2.45) is 4.99 Å². The van der Waals surface area contributed by atoms with E-state index >= 15 is 0 Å². The van der Waals surface area contributed by atoms with Crippen molar-refractivity contribution in [3.63, 3.8) is 0 Å². The predicted molar refractivity (Wildman–Crippen MR) is 124 cm³/mol. The zero-order valence-electron chi connectivity index (χ0n) is 17.3. The van der Waals surface area contributed by atoms with E-state index in [1.54, 1.807) is 6.08 Å². The van der Waals surface area contributed by atoms with E-state index in [0.717, 1.165) is 18.5 Å². The first-order valence-electron chi connectivity index (χ1n) is 10.6. The number of likely N-dealkylation sites (tertiary alicyclic amines) is 1. The number of benzene rings is 1. The number of thioether (sulfide) groups is 1. The summed E-state index contributed by atoms with van der Waals surface area (Å²) in [6, 6.07) is 8.05. The monoisotopic (exact) mass is 421 g/mol. The molecule has 0 bridgehead atoms. The lowest BCUT2D eigenvalue weighted by atomic mass is 10.0. The van der Waals surface area contributed by atoms with Crippen LogP contribution in [0.4, 0.5) is 0 Å². The third kappa shape index (κ3) is 5.18. The molecule has 30 heavy (non-hydrogen) atoms. The highest BCUT2D eigenvalue weighted by Gasteiger charge is 2.28. The average Bonchev–Trinajstić information content (AvgIpc) is 3.26. The molecule has 2 aliphatic heterocycles. The van der Waals surface area contributed by atoms with Gasteiger partial charge in [-0.3, -0.25) is 9.59 Å². The number of aryl methyl sites for hydroxylation is 1. The Morgan fingerprint density at radius 3 is 2.80 bits per heavy atom. The summed E-state index contributed by atoms with van der Waals surface area (Å²) in [5.41, 5.74) is 3.38. The SMILES string of the molecule is Cc1ccc(/C=C2/SC3C=CC(C(=O)NCCCN4CCCC4)=CC3=NC2=O)cc1. The van der Waals surface area contributed by atoms with Gasteiger partial charge in [-0.05, 0) is 63.5 Å². The highest BCUT2D eigenvalue weighted by Crippen LogP contribution is 2.33. The van der Waals surface area contributed by atoms with Gasteiger partial charge in [-0.15, -0.1) is 11.8 Å². The lowest BCUT2D eigenvalue weighted by Gasteiger charge is -2.22. The summed E-state index contributed by atoms with van der Waals surface area (Å²) >= 11 is 1.48. The van der Waals surface area contributed by atoms with Crippen LogP contribution >= 0.6 is 11.8 Å². The van der Waals surface area contributed by atoms with Crippen LogP contribution in [0.25, 0.3) is 6.08 Å². The van der Waals surface area contributed by atoms with Gasteiger partial charge in [-0.1, -0.05) is 42.0 Å². The first-order chi connectivity index (χ1) is 14.6. The molecule has 0 aromatic heterocycles. The Morgan fingerprint density at radius 2 is 2.03 bits per heavy atom. The molecule has 2 heterocycles. The Balaban J connectivity index is 1.36. The minimum absolute atomic E-state index is 0.0360. The van der Waals surface area contributed by atoms with E-state index in [0.29, 0.717) is 22.7 Å². The fourth-order valence-electron chi connectivity index (χ4n) is 3.80. The molecule has 156 valence electrons. The van der Waals surface area contributed by atoms with Gasteiger partial charge < -0.3 is 10.2 Å². The van der Waals surface area contributed by atoms with Crippen molar-refractivity contribution in [3.8, 4) is 0 Å². The summed E-state index contributed by atoms with van der Waals surface area (Å²) in [4.78, 5) is 32.3. The number of nitrogens with one attached hydrogen (secondary N) is 1. The molecule has 3 aliphatic rings. The normalized spacial score (nSPS) is 22.6. The van der Waals surface area contributed by atoms with Crippen LogP contribution in [0.5, 0.6) is 0 Å². The van der Waals surface area contributed by atoms with E-state index in [2.05, 4.69) is 15.2 Å². The minimum Gasteiger partial charge on any atom is -0.352 e. The second-order valence-corrected chi connectivity index (χ2v) is 9.10. The molecule has 1 aromatic carbocycles. The maximum Gasteiger partial charge on any atom is 0.283 e. The van der Waals surface area contributed by atoms with Crippen LogP contribution in [0.15, 0.2) is 58.0 Å². The first-order valence-corrected chi connectivity index (χ1v) is 11.4. The quantitative estimate of drug-likeness (QED) is 0.564. The number of carbonyl (C=O) groups is 2. The van der Waals surface area contributed by atoms with Gasteiger partial charge in [0.2, 0.25) is 0 Å². The van der Waals surface area contributed by atoms with Gasteiger partial charge in [0.15, 0.2) is 0 Å². The van der Waals surface area contributed by atoms with Gasteiger partial charge in [0, 0.05) is 12.1 Å². The fraction of sp³-hybridized carbons (Fsp3) is 0.375. The summed E-state index contributed by atoms with van der Waals surface area (Å²) in [5.74, 6) is -0.351. The van der Waals surface area contributed by atoms with E-state index in [4.69, 9.17) is 0 Å². The lowest BCUT2D eigenvalue weighted by Crippen LogP contribution is -2.31. The molecule has 1 atom stereocenters. The van der Waals surface area contributed by atoms with Crippen molar-refractivity contribution in [2.45, 2.75) is 31.4 Å². The Hall–Kier alpha value is -2.44. The van der Waals surface area contributed by atoms with Crippen molar-refractivity contribution in [1.82, 2.24) is 10.2 Å². The van der Waals surface area contributed by atoms with Gasteiger partial charge in [0.1, 0.15) is 0 Å². The minimum atomic E-state index is -0.247. The van der Waals surface area contributed by atoms with Gasteiger partial charge in [0.05, 0.1) is 15.9 Å². The van der Waals surface area contributed by atoms with Crippen LogP contribution in [0.3, 0.4) is 0 Å². The van der Waals surface area contributed by atoms with Crippen LogP contribution in [-0.4, -0.2) is 53.9 Å². The topological polar surface area (TPSA) is 61.8 Å². The summed E-state index contributed by atoms with van der Waals surface area (Å²) < 4.78 is 0. The molecule has 0 spiro atoms. The molecule has 0 radical (unpaired) electrons. The van der Waals surface area contributed by atoms with Gasteiger partial charge >= 0.3 is 0 Å². The molecule has 1 N–H and O–H groups in total. The van der Waals surface area contributed by atoms with E-state index < -0.39 is 0 Å². The molecule has 1 aliphatic carbocycles. The maximum atomic E-state index is 12.5. The second kappa shape index (κ2) is 9.58. The molecule has 4 rings (SSSR count). The van der Waals surface area contributed by atoms with Crippen LogP contribution < -0.4 is 5.32 Å². The zero-order valence-corrected chi connectivity index (χ0v) is 18.1. The smallest absolute Gasteiger partial charge is 0.283 e. The van der Waals surface area contributed by atoms with Crippen molar-refractivity contribution in [1.29, 1.82) is 0 Å². The summed E-state index contributed by atoms with van der Waals surface area (Å²) in [5, 5.41) is 2.95. The summed E-state index contributed by atoms with van der Waals surface area (Å²) in [6.45, 7) is 6.08. The fourth-order valence-corrected chi connectivity index (χ4v) is 4.82. The highest BCUT2D eigenvalue weighted by atomic mass is 32.2. The largest absolute Gasteiger partial charge is 0.352 e. The van der Waals surface area contributed by atoms with E-state index in [-0.39, 0.29) is 17.1 Å². The number of hydrogen-bond acceptors (Lipinski definition) is 4. The van der Waals surface area contributed by atoms with Gasteiger partial charge in [-0.2, -0.15) is 0 Å². The molecule has 1 saturated heterocycles. The van der Waals surface area contributed by atoms with E-state index in [1.165, 1.54) is 43.3 Å². The molecular weight excluding hydrogens is 394 g/mol.